The molecule has 30 heavy (non-hydrogen) atoms. The summed E-state index contributed by atoms with van der Waals surface area (Å²) in [6.07, 6.45) is 0.900. The smallest absolute Gasteiger partial charge is 0.263 e. The number of pyridine rings is 1. The van der Waals surface area contributed by atoms with Gasteiger partial charge in [0.25, 0.3) is 5.91 Å². The molecule has 4 aromatic rings. The first-order chi connectivity index (χ1) is 14.4. The Balaban J connectivity index is 1.64. The lowest BCUT2D eigenvalue weighted by Crippen LogP contribution is -2.20. The van der Waals surface area contributed by atoms with E-state index < -0.39 is 0 Å². The van der Waals surface area contributed by atoms with E-state index >= 15 is 0 Å². The Kier molecular flexibility index (Phi) is 5.59. The molecule has 0 radical (unpaired) electrons. The number of nitrogens with zero attached hydrogens (tertiary/aromatic N) is 3. The number of ether oxygens (including phenoxy) is 1. The third-order valence-corrected chi connectivity index (χ3v) is 5.33. The molecule has 1 atom stereocenters. The number of hydrogen-bond acceptors (Lipinski definition) is 4. The summed E-state index contributed by atoms with van der Waals surface area (Å²) in [5.74, 6) is 0.781. The maximum atomic E-state index is 12.5. The van der Waals surface area contributed by atoms with Gasteiger partial charge in [0.15, 0.2) is 18.1 Å². The lowest BCUT2D eigenvalue weighted by atomic mass is 10.1. The fraction of sp³-hybridized carbons (Fsp3) is 0.261. The fourth-order valence-corrected chi connectivity index (χ4v) is 3.39. The van der Waals surface area contributed by atoms with Gasteiger partial charge in [-0.25, -0.2) is 9.67 Å². The Bertz CT molecular complexity index is 1220. The van der Waals surface area contributed by atoms with Gasteiger partial charge in [0.1, 0.15) is 5.75 Å². The number of amides is 1. The van der Waals surface area contributed by atoms with Gasteiger partial charge in [-0.1, -0.05) is 30.2 Å². The summed E-state index contributed by atoms with van der Waals surface area (Å²) >= 11 is 5.88. The molecule has 1 amide bonds. The summed E-state index contributed by atoms with van der Waals surface area (Å²) in [4.78, 5) is 17.4. The minimum absolute atomic E-state index is 0.126. The summed E-state index contributed by atoms with van der Waals surface area (Å²) in [5, 5.41) is 9.99. The molecule has 0 spiro atoms. The predicted octanol–water partition coefficient (Wildman–Crippen LogP) is 5.53. The van der Waals surface area contributed by atoms with Gasteiger partial charge >= 0.3 is 0 Å². The standard InChI is InChI=1S/C23H23ClN4O2/c1-4-15(3)28-23-19(12-16-11-14(2)5-10-20(16)25-23)22(27-28)26-21(29)13-30-18-8-6-17(24)7-9-18/h5-12,15H,4,13H2,1-3H3,(H,26,27,29). The van der Waals surface area contributed by atoms with Crippen LogP contribution in [0, 0.1) is 6.92 Å². The summed E-state index contributed by atoms with van der Waals surface area (Å²) in [7, 11) is 0. The number of rotatable bonds is 6. The SMILES string of the molecule is CCC(C)n1nc(NC(=O)COc2ccc(Cl)cc2)c2cc3cc(C)ccc3nc21. The van der Waals surface area contributed by atoms with Crippen molar-refractivity contribution in [3.05, 3.63) is 59.1 Å². The summed E-state index contributed by atoms with van der Waals surface area (Å²) in [6.45, 7) is 6.10. The van der Waals surface area contributed by atoms with E-state index in [4.69, 9.17) is 21.3 Å². The minimum Gasteiger partial charge on any atom is -0.484 e. The number of nitrogens with one attached hydrogen (secondary N) is 1. The van der Waals surface area contributed by atoms with Gasteiger partial charge in [-0.15, -0.1) is 0 Å². The number of carbonyl (C=O) groups excluding carboxylic acids is 1. The molecule has 2 aromatic heterocycles. The third-order valence-electron chi connectivity index (χ3n) is 5.08. The molecule has 1 unspecified atom stereocenters. The molecule has 0 saturated carbocycles. The Labute approximate surface area is 179 Å². The van der Waals surface area contributed by atoms with E-state index in [1.54, 1.807) is 24.3 Å². The number of fused-ring (bicyclic) bond motifs is 2. The highest BCUT2D eigenvalue weighted by atomic mass is 35.5. The lowest BCUT2D eigenvalue weighted by Gasteiger charge is -2.10. The summed E-state index contributed by atoms with van der Waals surface area (Å²) < 4.78 is 7.43. The van der Waals surface area contributed by atoms with Crippen LogP contribution in [0.2, 0.25) is 5.02 Å². The zero-order chi connectivity index (χ0) is 21.3. The van der Waals surface area contributed by atoms with Crippen LogP contribution in [-0.4, -0.2) is 27.3 Å². The van der Waals surface area contributed by atoms with Crippen molar-refractivity contribution in [1.82, 2.24) is 14.8 Å². The largest absolute Gasteiger partial charge is 0.484 e. The van der Waals surface area contributed by atoms with Crippen LogP contribution in [0.15, 0.2) is 48.5 Å². The molecule has 0 bridgehead atoms. The normalized spacial score (nSPS) is 12.3. The molecule has 4 rings (SSSR count). The van der Waals surface area contributed by atoms with Gasteiger partial charge in [0.05, 0.1) is 16.9 Å². The van der Waals surface area contributed by atoms with Crippen LogP contribution in [0.4, 0.5) is 5.82 Å². The van der Waals surface area contributed by atoms with Crippen molar-refractivity contribution < 1.29 is 9.53 Å². The molecule has 2 heterocycles. The van der Waals surface area contributed by atoms with E-state index in [0.29, 0.717) is 16.6 Å². The van der Waals surface area contributed by atoms with Crippen LogP contribution in [0.3, 0.4) is 0 Å². The highest BCUT2D eigenvalue weighted by Crippen LogP contribution is 2.29. The number of aromatic nitrogens is 3. The molecule has 1 N–H and O–H groups in total. The summed E-state index contributed by atoms with van der Waals surface area (Å²) in [5.41, 5.74) is 2.82. The number of aryl methyl sites for hydroxylation is 1. The number of halogens is 1. The second kappa shape index (κ2) is 8.32. The van der Waals surface area contributed by atoms with Crippen molar-refractivity contribution in [2.75, 3.05) is 11.9 Å². The molecule has 0 aliphatic carbocycles. The van der Waals surface area contributed by atoms with Gasteiger partial charge in [0.2, 0.25) is 0 Å². The second-order valence-corrected chi connectivity index (χ2v) is 7.83. The fourth-order valence-electron chi connectivity index (χ4n) is 3.26. The molecule has 0 aliphatic heterocycles. The molecule has 154 valence electrons. The number of carbonyl (C=O) groups is 1. The molecular weight excluding hydrogens is 400 g/mol. The Morgan fingerprint density at radius 3 is 2.70 bits per heavy atom. The first kappa shape index (κ1) is 20.2. The quantitative estimate of drug-likeness (QED) is 0.443. The van der Waals surface area contributed by atoms with E-state index in [0.717, 1.165) is 33.9 Å². The maximum absolute atomic E-state index is 12.5. The van der Waals surface area contributed by atoms with Crippen LogP contribution in [0.5, 0.6) is 5.75 Å². The Hall–Kier alpha value is -3.12. The van der Waals surface area contributed by atoms with Gasteiger partial charge in [-0.05, 0) is 62.7 Å². The lowest BCUT2D eigenvalue weighted by molar-refractivity contribution is -0.118. The van der Waals surface area contributed by atoms with Crippen molar-refractivity contribution in [1.29, 1.82) is 0 Å². The van der Waals surface area contributed by atoms with E-state index in [9.17, 15) is 4.79 Å². The number of benzene rings is 2. The zero-order valence-corrected chi connectivity index (χ0v) is 17.9. The van der Waals surface area contributed by atoms with Crippen molar-refractivity contribution >= 4 is 45.3 Å². The van der Waals surface area contributed by atoms with Gasteiger partial charge in [-0.3, -0.25) is 4.79 Å². The molecule has 7 heteroatoms. The average molecular weight is 423 g/mol. The first-order valence-corrected chi connectivity index (χ1v) is 10.3. The molecule has 2 aromatic carbocycles. The van der Waals surface area contributed by atoms with E-state index in [1.165, 1.54) is 0 Å². The highest BCUT2D eigenvalue weighted by molar-refractivity contribution is 6.30. The van der Waals surface area contributed by atoms with Crippen LogP contribution in [0.25, 0.3) is 21.9 Å². The molecule has 0 saturated heterocycles. The van der Waals surface area contributed by atoms with Crippen molar-refractivity contribution in [3.63, 3.8) is 0 Å². The van der Waals surface area contributed by atoms with Crippen LogP contribution >= 0.6 is 11.6 Å². The van der Waals surface area contributed by atoms with E-state index in [2.05, 4.69) is 30.3 Å². The predicted molar refractivity (Wildman–Crippen MR) is 120 cm³/mol. The molecule has 0 aliphatic rings. The summed E-state index contributed by atoms with van der Waals surface area (Å²) in [6, 6.07) is 15.2. The van der Waals surface area contributed by atoms with E-state index in [-0.39, 0.29) is 18.6 Å². The first-order valence-electron chi connectivity index (χ1n) is 9.92. The van der Waals surface area contributed by atoms with Crippen LogP contribution < -0.4 is 10.1 Å². The van der Waals surface area contributed by atoms with Gasteiger partial charge in [0, 0.05) is 10.4 Å². The second-order valence-electron chi connectivity index (χ2n) is 7.40. The van der Waals surface area contributed by atoms with E-state index in [1.807, 2.05) is 29.8 Å². The Morgan fingerprint density at radius 1 is 1.20 bits per heavy atom. The zero-order valence-electron chi connectivity index (χ0n) is 17.1. The molecule has 6 nitrogen and oxygen atoms in total. The van der Waals surface area contributed by atoms with Crippen LogP contribution in [0.1, 0.15) is 31.9 Å². The third kappa shape index (κ3) is 4.09. The molecule has 0 fully saturated rings. The minimum atomic E-state index is -0.287. The number of anilines is 1. The average Bonchev–Trinajstić information content (AvgIpc) is 3.08. The topological polar surface area (TPSA) is 69.0 Å². The molecular formula is C23H23ClN4O2. The van der Waals surface area contributed by atoms with Gasteiger partial charge < -0.3 is 10.1 Å². The van der Waals surface area contributed by atoms with Gasteiger partial charge in [-0.2, -0.15) is 5.10 Å². The Morgan fingerprint density at radius 2 is 1.97 bits per heavy atom. The van der Waals surface area contributed by atoms with Crippen molar-refractivity contribution in [2.24, 2.45) is 0 Å². The monoisotopic (exact) mass is 422 g/mol. The van der Waals surface area contributed by atoms with Crippen molar-refractivity contribution in [3.8, 4) is 5.75 Å². The van der Waals surface area contributed by atoms with Crippen molar-refractivity contribution in [2.45, 2.75) is 33.2 Å². The number of hydrogen-bond donors (Lipinski definition) is 1. The maximum Gasteiger partial charge on any atom is 0.263 e. The highest BCUT2D eigenvalue weighted by Gasteiger charge is 2.18. The van der Waals surface area contributed by atoms with Crippen LogP contribution in [-0.2, 0) is 4.79 Å².